The molecule has 0 bridgehead atoms. The summed E-state index contributed by atoms with van der Waals surface area (Å²) in [7, 11) is 3.54. The number of methoxy groups -OCH3 is 1. The second-order valence-corrected chi connectivity index (χ2v) is 8.25. The maximum atomic E-state index is 12.8. The Morgan fingerprint density at radius 1 is 1.07 bits per heavy atom. The fraction of sp³-hybridized carbons (Fsp3) is 0.348. The van der Waals surface area contributed by atoms with Crippen LogP contribution < -0.4 is 9.64 Å². The summed E-state index contributed by atoms with van der Waals surface area (Å²) in [5.41, 5.74) is 2.85. The Balaban J connectivity index is 1.73. The molecule has 1 heterocycles. The molecule has 0 fully saturated rings. The van der Waals surface area contributed by atoms with Gasteiger partial charge < -0.3 is 14.2 Å². The summed E-state index contributed by atoms with van der Waals surface area (Å²) in [4.78, 5) is 15.1. The van der Waals surface area contributed by atoms with E-state index < -0.39 is 0 Å². The van der Waals surface area contributed by atoms with Crippen molar-refractivity contribution in [3.8, 4) is 17.1 Å². The number of anilines is 1. The lowest BCUT2D eigenvalue weighted by molar-refractivity contribution is 0.0994. The molecule has 1 unspecified atom stereocenters. The van der Waals surface area contributed by atoms with Crippen molar-refractivity contribution in [3.05, 3.63) is 54.1 Å². The third-order valence-corrected chi connectivity index (χ3v) is 6.25. The van der Waals surface area contributed by atoms with Crippen molar-refractivity contribution < 1.29 is 9.53 Å². The number of nitrogens with zero attached hydrogens (tertiary/aromatic N) is 4. The fourth-order valence-electron chi connectivity index (χ4n) is 3.28. The van der Waals surface area contributed by atoms with E-state index in [1.807, 2.05) is 18.5 Å². The Morgan fingerprint density at radius 2 is 1.70 bits per heavy atom. The van der Waals surface area contributed by atoms with Gasteiger partial charge in [0.2, 0.25) is 0 Å². The summed E-state index contributed by atoms with van der Waals surface area (Å²) in [5.74, 6) is 1.57. The zero-order valence-electron chi connectivity index (χ0n) is 18.1. The van der Waals surface area contributed by atoms with Crippen molar-refractivity contribution in [1.82, 2.24) is 14.8 Å². The predicted molar refractivity (Wildman–Crippen MR) is 123 cm³/mol. The lowest BCUT2D eigenvalue weighted by Crippen LogP contribution is -2.21. The summed E-state index contributed by atoms with van der Waals surface area (Å²) in [6, 6.07) is 15.5. The van der Waals surface area contributed by atoms with Crippen LogP contribution in [-0.4, -0.2) is 46.0 Å². The van der Waals surface area contributed by atoms with Crippen LogP contribution in [0.1, 0.15) is 31.1 Å². The maximum Gasteiger partial charge on any atom is 0.191 e. The van der Waals surface area contributed by atoms with Gasteiger partial charge in [0.05, 0.1) is 12.4 Å². The van der Waals surface area contributed by atoms with E-state index in [0.717, 1.165) is 30.2 Å². The number of hydrogen-bond donors (Lipinski definition) is 0. The summed E-state index contributed by atoms with van der Waals surface area (Å²) in [5, 5.41) is 9.11. The molecule has 0 aliphatic rings. The molecule has 0 spiro atoms. The number of aromatic nitrogens is 3. The van der Waals surface area contributed by atoms with E-state index >= 15 is 0 Å². The largest absolute Gasteiger partial charge is 0.497 e. The lowest BCUT2D eigenvalue weighted by atomic mass is 10.1. The number of hydrogen-bond acceptors (Lipinski definition) is 6. The highest BCUT2D eigenvalue weighted by molar-refractivity contribution is 8.00. The van der Waals surface area contributed by atoms with Crippen LogP contribution in [0.2, 0.25) is 0 Å². The predicted octanol–water partition coefficient (Wildman–Crippen LogP) is 4.70. The normalized spacial score (nSPS) is 11.9. The molecule has 0 amide bonds. The third-order valence-electron chi connectivity index (χ3n) is 5.11. The van der Waals surface area contributed by atoms with E-state index in [9.17, 15) is 4.79 Å². The van der Waals surface area contributed by atoms with Gasteiger partial charge in [0.1, 0.15) is 5.75 Å². The first-order chi connectivity index (χ1) is 14.5. The summed E-state index contributed by atoms with van der Waals surface area (Å²) in [6.45, 7) is 8.14. The van der Waals surface area contributed by atoms with Crippen LogP contribution in [0.5, 0.6) is 5.75 Å². The molecule has 3 rings (SSSR count). The first-order valence-corrected chi connectivity index (χ1v) is 11.0. The quantitative estimate of drug-likeness (QED) is 0.367. The number of carbonyl (C=O) groups excluding carboxylic acids is 1. The van der Waals surface area contributed by atoms with Crippen LogP contribution in [0.4, 0.5) is 5.69 Å². The van der Waals surface area contributed by atoms with Crippen molar-refractivity contribution in [2.24, 2.45) is 7.05 Å². The molecular weight excluding hydrogens is 396 g/mol. The smallest absolute Gasteiger partial charge is 0.191 e. The number of benzene rings is 2. The molecule has 0 saturated carbocycles. The molecule has 0 aliphatic carbocycles. The minimum absolute atomic E-state index is 0.0516. The van der Waals surface area contributed by atoms with Crippen LogP contribution in [0.15, 0.2) is 53.7 Å². The second-order valence-electron chi connectivity index (χ2n) is 6.94. The Bertz CT molecular complexity index is 979. The molecule has 30 heavy (non-hydrogen) atoms. The van der Waals surface area contributed by atoms with Gasteiger partial charge in [-0.15, -0.1) is 10.2 Å². The van der Waals surface area contributed by atoms with Gasteiger partial charge in [0.15, 0.2) is 16.8 Å². The van der Waals surface area contributed by atoms with Crippen molar-refractivity contribution in [2.75, 3.05) is 25.1 Å². The van der Waals surface area contributed by atoms with E-state index in [1.54, 1.807) is 31.4 Å². The van der Waals surface area contributed by atoms with Crippen molar-refractivity contribution in [1.29, 1.82) is 0 Å². The molecule has 0 aliphatic heterocycles. The third kappa shape index (κ3) is 4.67. The molecule has 3 aromatic rings. The number of Topliss-reactive ketones (excluding diaryl/α,β-unsaturated/α-hetero) is 1. The van der Waals surface area contributed by atoms with Crippen LogP contribution in [-0.2, 0) is 7.05 Å². The van der Waals surface area contributed by atoms with Crippen LogP contribution in [0.3, 0.4) is 0 Å². The maximum absolute atomic E-state index is 12.8. The molecule has 6 nitrogen and oxygen atoms in total. The molecule has 0 saturated heterocycles. The SMILES string of the molecule is CCN(CC)c1ccc(-c2nnc(SC(C)C(=O)c3ccc(OC)cc3)n2C)cc1. The molecule has 7 heteroatoms. The van der Waals surface area contributed by atoms with Gasteiger partial charge in [-0.05, 0) is 69.3 Å². The van der Waals surface area contributed by atoms with Crippen molar-refractivity contribution in [3.63, 3.8) is 0 Å². The van der Waals surface area contributed by atoms with Gasteiger partial charge >= 0.3 is 0 Å². The Hall–Kier alpha value is -2.80. The monoisotopic (exact) mass is 424 g/mol. The van der Waals surface area contributed by atoms with E-state index in [1.165, 1.54) is 17.4 Å². The summed E-state index contributed by atoms with van der Waals surface area (Å²) in [6.07, 6.45) is 0. The highest BCUT2D eigenvalue weighted by Gasteiger charge is 2.20. The number of rotatable bonds is 9. The molecule has 0 radical (unpaired) electrons. The van der Waals surface area contributed by atoms with Crippen molar-refractivity contribution in [2.45, 2.75) is 31.2 Å². The first kappa shape index (κ1) is 21.9. The number of carbonyl (C=O) groups is 1. The van der Waals surface area contributed by atoms with E-state index in [4.69, 9.17) is 4.74 Å². The van der Waals surface area contributed by atoms with Gasteiger partial charge in [-0.3, -0.25) is 4.79 Å². The Kier molecular flexibility index (Phi) is 7.15. The highest BCUT2D eigenvalue weighted by atomic mass is 32.2. The van der Waals surface area contributed by atoms with Gasteiger partial charge in [-0.2, -0.15) is 0 Å². The standard InChI is InChI=1S/C23H28N4O2S/c1-6-27(7-2)19-12-8-18(9-13-19)22-24-25-23(26(22)4)30-16(3)21(28)17-10-14-20(29-5)15-11-17/h8-16H,6-7H2,1-5H3. The number of thioether (sulfide) groups is 1. The minimum atomic E-state index is -0.279. The average molecular weight is 425 g/mol. The van der Waals surface area contributed by atoms with Crippen LogP contribution in [0, 0.1) is 0 Å². The summed E-state index contributed by atoms with van der Waals surface area (Å²) < 4.78 is 7.10. The minimum Gasteiger partial charge on any atom is -0.497 e. The highest BCUT2D eigenvalue weighted by Crippen LogP contribution is 2.28. The topological polar surface area (TPSA) is 60.3 Å². The van der Waals surface area contributed by atoms with Gasteiger partial charge in [0, 0.05) is 37.0 Å². The number of ketones is 1. The van der Waals surface area contributed by atoms with E-state index in [0.29, 0.717) is 10.7 Å². The van der Waals surface area contributed by atoms with Crippen LogP contribution >= 0.6 is 11.8 Å². The van der Waals surface area contributed by atoms with Gasteiger partial charge in [-0.1, -0.05) is 11.8 Å². The zero-order valence-corrected chi connectivity index (χ0v) is 18.9. The van der Waals surface area contributed by atoms with Crippen LogP contribution in [0.25, 0.3) is 11.4 Å². The molecule has 1 aromatic heterocycles. The number of ether oxygens (including phenoxy) is 1. The summed E-state index contributed by atoms with van der Waals surface area (Å²) >= 11 is 1.41. The average Bonchev–Trinajstić information content (AvgIpc) is 3.14. The fourth-order valence-corrected chi connectivity index (χ4v) is 4.17. The van der Waals surface area contributed by atoms with Gasteiger partial charge in [0.25, 0.3) is 0 Å². The first-order valence-electron chi connectivity index (χ1n) is 10.1. The van der Waals surface area contributed by atoms with Crippen molar-refractivity contribution >= 4 is 23.2 Å². The zero-order chi connectivity index (χ0) is 21.7. The molecule has 158 valence electrons. The van der Waals surface area contributed by atoms with E-state index in [-0.39, 0.29) is 11.0 Å². The Morgan fingerprint density at radius 3 is 2.27 bits per heavy atom. The lowest BCUT2D eigenvalue weighted by Gasteiger charge is -2.21. The molecular formula is C23H28N4O2S. The van der Waals surface area contributed by atoms with Gasteiger partial charge in [-0.25, -0.2) is 0 Å². The molecule has 1 atom stereocenters. The molecule has 2 aromatic carbocycles. The second kappa shape index (κ2) is 9.80. The Labute approximate surface area is 182 Å². The molecule has 0 N–H and O–H groups in total. The van der Waals surface area contributed by atoms with E-state index in [2.05, 4.69) is 53.2 Å².